The van der Waals surface area contributed by atoms with Gasteiger partial charge >= 0.3 is 0 Å². The molecule has 0 saturated carbocycles. The zero-order valence-electron chi connectivity index (χ0n) is 9.58. The number of nitrogens with two attached hydrogens (primary N) is 1. The number of phenolic OH excluding ortho intramolecular Hbond substituents is 2. The second-order valence-corrected chi connectivity index (χ2v) is 3.73. The number of phenols is 2. The van der Waals surface area contributed by atoms with Crippen molar-refractivity contribution in [3.8, 4) is 11.5 Å². The average Bonchev–Trinajstić information content (AvgIpc) is 2.60. The number of rotatable bonds is 2. The predicted molar refractivity (Wildman–Crippen MR) is 65.3 cm³/mol. The first-order valence-corrected chi connectivity index (χ1v) is 5.10. The molecule has 2 rings (SSSR count). The molecule has 0 aliphatic heterocycles. The zero-order valence-corrected chi connectivity index (χ0v) is 9.58. The molecule has 0 atom stereocenters. The van der Waals surface area contributed by atoms with Crippen LogP contribution in [0.4, 0.5) is 11.5 Å². The number of aromatic hydroxyl groups is 2. The molecule has 94 valence electrons. The summed E-state index contributed by atoms with van der Waals surface area (Å²) in [6.07, 6.45) is 1.41. The molecule has 0 radical (unpaired) electrons. The highest BCUT2D eigenvalue weighted by molar-refractivity contribution is 6.06. The van der Waals surface area contributed by atoms with Crippen LogP contribution in [0.1, 0.15) is 10.4 Å². The number of benzene rings is 1. The molecule has 0 unspecified atom stereocenters. The minimum Gasteiger partial charge on any atom is -0.508 e. The SMILES string of the molecule is Cn1ncc(N)c1NC(=O)c1ccc(O)cc1O. The van der Waals surface area contributed by atoms with Crippen LogP contribution < -0.4 is 11.1 Å². The van der Waals surface area contributed by atoms with Crippen LogP contribution in [-0.4, -0.2) is 25.9 Å². The highest BCUT2D eigenvalue weighted by Gasteiger charge is 2.15. The number of nitrogens with one attached hydrogen (secondary N) is 1. The highest BCUT2D eigenvalue weighted by Crippen LogP contribution is 2.24. The van der Waals surface area contributed by atoms with E-state index in [-0.39, 0.29) is 17.1 Å². The molecule has 7 nitrogen and oxygen atoms in total. The predicted octanol–water partition coefficient (Wildman–Crippen LogP) is 0.666. The number of aryl methyl sites for hydroxylation is 1. The summed E-state index contributed by atoms with van der Waals surface area (Å²) in [5.41, 5.74) is 5.99. The summed E-state index contributed by atoms with van der Waals surface area (Å²) in [6.45, 7) is 0. The summed E-state index contributed by atoms with van der Waals surface area (Å²) in [6, 6.07) is 3.70. The lowest BCUT2D eigenvalue weighted by Crippen LogP contribution is -2.15. The summed E-state index contributed by atoms with van der Waals surface area (Å²) < 4.78 is 1.41. The lowest BCUT2D eigenvalue weighted by molar-refractivity contribution is 0.102. The van der Waals surface area contributed by atoms with E-state index in [0.29, 0.717) is 11.5 Å². The molecular weight excluding hydrogens is 236 g/mol. The van der Waals surface area contributed by atoms with Crippen molar-refractivity contribution in [2.75, 3.05) is 11.1 Å². The molecule has 1 aromatic carbocycles. The van der Waals surface area contributed by atoms with E-state index in [1.165, 1.54) is 23.0 Å². The fourth-order valence-electron chi connectivity index (χ4n) is 1.49. The number of anilines is 2. The first-order chi connectivity index (χ1) is 8.49. The molecule has 1 heterocycles. The van der Waals surface area contributed by atoms with Gasteiger partial charge in [-0.3, -0.25) is 9.48 Å². The third kappa shape index (κ3) is 2.05. The van der Waals surface area contributed by atoms with E-state index >= 15 is 0 Å². The van der Waals surface area contributed by atoms with E-state index in [9.17, 15) is 9.90 Å². The number of carbonyl (C=O) groups excluding carboxylic acids is 1. The number of aromatic nitrogens is 2. The third-order valence-electron chi connectivity index (χ3n) is 2.42. The quantitative estimate of drug-likeness (QED) is 0.623. The fourth-order valence-corrected chi connectivity index (χ4v) is 1.49. The minimum atomic E-state index is -0.539. The molecular formula is C11H12N4O3. The Morgan fingerprint density at radius 2 is 2.17 bits per heavy atom. The molecule has 0 aliphatic carbocycles. The summed E-state index contributed by atoms with van der Waals surface area (Å²) in [5.74, 6) is -0.632. The summed E-state index contributed by atoms with van der Waals surface area (Å²) in [4.78, 5) is 11.9. The van der Waals surface area contributed by atoms with Gasteiger partial charge in [-0.1, -0.05) is 0 Å². The van der Waals surface area contributed by atoms with E-state index in [0.717, 1.165) is 6.07 Å². The van der Waals surface area contributed by atoms with Crippen LogP contribution in [0.5, 0.6) is 11.5 Å². The van der Waals surface area contributed by atoms with Gasteiger partial charge in [-0.2, -0.15) is 5.10 Å². The van der Waals surface area contributed by atoms with E-state index < -0.39 is 5.91 Å². The fraction of sp³-hybridized carbons (Fsp3) is 0.0909. The molecule has 1 aromatic heterocycles. The normalized spacial score (nSPS) is 10.3. The standard InChI is InChI=1S/C11H12N4O3/c1-15-10(8(12)5-13-15)14-11(18)7-3-2-6(16)4-9(7)17/h2-5,16-17H,12H2,1H3,(H,14,18). The Bertz CT molecular complexity index is 587. The Labute approximate surface area is 102 Å². The molecule has 7 heteroatoms. The highest BCUT2D eigenvalue weighted by atomic mass is 16.3. The molecule has 0 saturated heterocycles. The van der Waals surface area contributed by atoms with Crippen LogP contribution in [0, 0.1) is 0 Å². The third-order valence-corrected chi connectivity index (χ3v) is 2.42. The van der Waals surface area contributed by atoms with Crippen LogP contribution in [0.25, 0.3) is 0 Å². The van der Waals surface area contributed by atoms with Gasteiger partial charge in [-0.05, 0) is 12.1 Å². The maximum atomic E-state index is 11.9. The number of hydrogen-bond donors (Lipinski definition) is 4. The Morgan fingerprint density at radius 1 is 1.44 bits per heavy atom. The van der Waals surface area contributed by atoms with Gasteiger partial charge in [0, 0.05) is 13.1 Å². The van der Waals surface area contributed by atoms with Crippen molar-refractivity contribution in [1.82, 2.24) is 9.78 Å². The molecule has 0 aliphatic rings. The summed E-state index contributed by atoms with van der Waals surface area (Å²) >= 11 is 0. The van der Waals surface area contributed by atoms with Gasteiger partial charge in [0.05, 0.1) is 17.4 Å². The molecule has 0 bridgehead atoms. The van der Waals surface area contributed by atoms with Crippen LogP contribution in [0.15, 0.2) is 24.4 Å². The summed E-state index contributed by atoms with van der Waals surface area (Å²) in [7, 11) is 1.63. The summed E-state index contributed by atoms with van der Waals surface area (Å²) in [5, 5.41) is 25.1. The van der Waals surface area contributed by atoms with Gasteiger partial charge in [0.25, 0.3) is 5.91 Å². The molecule has 18 heavy (non-hydrogen) atoms. The van der Waals surface area contributed by atoms with Crippen LogP contribution in [0.3, 0.4) is 0 Å². The van der Waals surface area contributed by atoms with Crippen molar-refractivity contribution in [1.29, 1.82) is 0 Å². The van der Waals surface area contributed by atoms with Crippen LogP contribution in [-0.2, 0) is 7.05 Å². The monoisotopic (exact) mass is 248 g/mol. The molecule has 5 N–H and O–H groups in total. The van der Waals surface area contributed by atoms with Gasteiger partial charge < -0.3 is 21.3 Å². The topological polar surface area (TPSA) is 113 Å². The van der Waals surface area contributed by atoms with Crippen molar-refractivity contribution < 1.29 is 15.0 Å². The Hall–Kier alpha value is -2.70. The first-order valence-electron chi connectivity index (χ1n) is 5.10. The molecule has 0 fully saturated rings. The molecule has 0 spiro atoms. The second-order valence-electron chi connectivity index (χ2n) is 3.73. The molecule has 2 aromatic rings. The van der Waals surface area contributed by atoms with Gasteiger partial charge in [0.2, 0.25) is 0 Å². The largest absolute Gasteiger partial charge is 0.508 e. The average molecular weight is 248 g/mol. The van der Waals surface area contributed by atoms with Crippen molar-refractivity contribution >= 4 is 17.4 Å². The zero-order chi connectivity index (χ0) is 13.3. The van der Waals surface area contributed by atoms with E-state index in [2.05, 4.69) is 10.4 Å². The van der Waals surface area contributed by atoms with Crippen molar-refractivity contribution in [3.63, 3.8) is 0 Å². The Kier molecular flexibility index (Phi) is 2.80. The second kappa shape index (κ2) is 4.28. The van der Waals surface area contributed by atoms with Gasteiger partial charge in [0.15, 0.2) is 5.82 Å². The van der Waals surface area contributed by atoms with E-state index in [4.69, 9.17) is 10.8 Å². The lowest BCUT2D eigenvalue weighted by atomic mass is 10.2. The smallest absolute Gasteiger partial charge is 0.260 e. The number of carbonyl (C=O) groups is 1. The van der Waals surface area contributed by atoms with Gasteiger partial charge in [-0.15, -0.1) is 0 Å². The van der Waals surface area contributed by atoms with Crippen LogP contribution in [0.2, 0.25) is 0 Å². The Balaban J connectivity index is 2.28. The minimum absolute atomic E-state index is 0.0356. The van der Waals surface area contributed by atoms with Crippen LogP contribution >= 0.6 is 0 Å². The van der Waals surface area contributed by atoms with E-state index in [1.807, 2.05) is 0 Å². The molecule has 1 amide bonds. The van der Waals surface area contributed by atoms with E-state index in [1.54, 1.807) is 7.05 Å². The maximum absolute atomic E-state index is 11.9. The Morgan fingerprint density at radius 3 is 2.72 bits per heavy atom. The number of hydrogen-bond acceptors (Lipinski definition) is 5. The number of nitrogen functional groups attached to an aromatic ring is 1. The van der Waals surface area contributed by atoms with Crippen molar-refractivity contribution in [2.24, 2.45) is 7.05 Å². The lowest BCUT2D eigenvalue weighted by Gasteiger charge is -2.08. The number of amides is 1. The van der Waals surface area contributed by atoms with Gasteiger partial charge in [-0.25, -0.2) is 0 Å². The van der Waals surface area contributed by atoms with Gasteiger partial charge in [0.1, 0.15) is 11.5 Å². The van der Waals surface area contributed by atoms with Crippen molar-refractivity contribution in [2.45, 2.75) is 0 Å². The maximum Gasteiger partial charge on any atom is 0.260 e. The van der Waals surface area contributed by atoms with Crippen molar-refractivity contribution in [3.05, 3.63) is 30.0 Å². The number of nitrogens with zero attached hydrogens (tertiary/aromatic N) is 2. The first kappa shape index (κ1) is 11.8.